The predicted molar refractivity (Wildman–Crippen MR) is 79.6 cm³/mol. The van der Waals surface area contributed by atoms with E-state index >= 15 is 0 Å². The summed E-state index contributed by atoms with van der Waals surface area (Å²) in [5, 5.41) is 0. The Bertz CT molecular complexity index is 598. The van der Waals surface area contributed by atoms with E-state index in [1.807, 2.05) is 30.3 Å². The summed E-state index contributed by atoms with van der Waals surface area (Å²) in [6.45, 7) is 0.704. The van der Waals surface area contributed by atoms with Crippen LogP contribution in [-0.2, 0) is 4.74 Å². The molecule has 21 heavy (non-hydrogen) atoms. The third kappa shape index (κ3) is 3.89. The van der Waals surface area contributed by atoms with Crippen molar-refractivity contribution >= 4 is 11.7 Å². The second-order valence-corrected chi connectivity index (χ2v) is 4.22. The Morgan fingerprint density at radius 2 is 1.71 bits per heavy atom. The van der Waals surface area contributed by atoms with E-state index in [0.717, 1.165) is 5.75 Å². The van der Waals surface area contributed by atoms with Crippen molar-refractivity contribution in [2.45, 2.75) is 0 Å². The number of rotatable bonds is 6. The van der Waals surface area contributed by atoms with Crippen molar-refractivity contribution in [3.63, 3.8) is 0 Å². The summed E-state index contributed by atoms with van der Waals surface area (Å²) in [7, 11) is 1.31. The minimum Gasteiger partial charge on any atom is -0.490 e. The Kier molecular flexibility index (Phi) is 5.04. The molecule has 0 saturated carbocycles. The van der Waals surface area contributed by atoms with Crippen LogP contribution in [0.15, 0.2) is 48.5 Å². The van der Waals surface area contributed by atoms with E-state index in [9.17, 15) is 4.79 Å². The highest BCUT2D eigenvalue weighted by atomic mass is 16.5. The number of esters is 1. The molecule has 0 amide bonds. The van der Waals surface area contributed by atoms with Gasteiger partial charge in [-0.25, -0.2) is 4.79 Å². The summed E-state index contributed by atoms with van der Waals surface area (Å²) in [6.07, 6.45) is 0. The minimum absolute atomic E-state index is 0.268. The minimum atomic E-state index is -0.488. The number of hydrogen-bond donors (Lipinski definition) is 1. The molecule has 2 aromatic rings. The molecule has 5 heteroatoms. The van der Waals surface area contributed by atoms with Crippen molar-refractivity contribution in [2.75, 3.05) is 26.1 Å². The molecule has 0 atom stereocenters. The molecular weight excluding hydrogens is 270 g/mol. The fraction of sp³-hybridized carbons (Fsp3) is 0.188. The lowest BCUT2D eigenvalue weighted by Gasteiger charge is -2.12. The number of hydrogen-bond acceptors (Lipinski definition) is 5. The van der Waals surface area contributed by atoms with Gasteiger partial charge in [-0.05, 0) is 24.3 Å². The van der Waals surface area contributed by atoms with Crippen LogP contribution in [0.4, 0.5) is 5.69 Å². The van der Waals surface area contributed by atoms with Gasteiger partial charge < -0.3 is 19.9 Å². The number of nitrogens with two attached hydrogens (primary N) is 1. The van der Waals surface area contributed by atoms with Gasteiger partial charge in [-0.15, -0.1) is 0 Å². The molecule has 0 aromatic heterocycles. The lowest BCUT2D eigenvalue weighted by atomic mass is 10.1. The van der Waals surface area contributed by atoms with Crippen LogP contribution in [0.1, 0.15) is 10.4 Å². The summed E-state index contributed by atoms with van der Waals surface area (Å²) in [6, 6.07) is 14.4. The molecule has 110 valence electrons. The Balaban J connectivity index is 1.90. The van der Waals surface area contributed by atoms with Gasteiger partial charge in [-0.1, -0.05) is 24.3 Å². The number of carbonyl (C=O) groups is 1. The highest BCUT2D eigenvalue weighted by Gasteiger charge is 2.13. The molecule has 0 spiro atoms. The summed E-state index contributed by atoms with van der Waals surface area (Å²) < 4.78 is 15.7. The van der Waals surface area contributed by atoms with Crippen molar-refractivity contribution in [1.29, 1.82) is 0 Å². The molecule has 0 saturated heterocycles. The average molecular weight is 287 g/mol. The van der Waals surface area contributed by atoms with E-state index in [4.69, 9.17) is 15.2 Å². The van der Waals surface area contributed by atoms with E-state index in [-0.39, 0.29) is 5.69 Å². The SMILES string of the molecule is COC(=O)c1cccc(OCCOc2ccccc2)c1N. The molecule has 2 rings (SSSR count). The van der Waals surface area contributed by atoms with Gasteiger partial charge in [-0.2, -0.15) is 0 Å². The van der Waals surface area contributed by atoms with Crippen molar-refractivity contribution < 1.29 is 19.0 Å². The molecule has 2 N–H and O–H groups in total. The number of carbonyl (C=O) groups excluding carboxylic acids is 1. The van der Waals surface area contributed by atoms with Gasteiger partial charge in [0.2, 0.25) is 0 Å². The van der Waals surface area contributed by atoms with Crippen LogP contribution in [0, 0.1) is 0 Å². The van der Waals surface area contributed by atoms with Gasteiger partial charge in [0.15, 0.2) is 0 Å². The van der Waals surface area contributed by atoms with Crippen LogP contribution < -0.4 is 15.2 Å². The van der Waals surface area contributed by atoms with Crippen LogP contribution in [0.3, 0.4) is 0 Å². The maximum Gasteiger partial charge on any atom is 0.340 e. The lowest BCUT2D eigenvalue weighted by molar-refractivity contribution is 0.0601. The smallest absolute Gasteiger partial charge is 0.340 e. The Morgan fingerprint density at radius 3 is 2.43 bits per heavy atom. The first kappa shape index (κ1) is 14.7. The van der Waals surface area contributed by atoms with E-state index in [1.165, 1.54) is 7.11 Å². The first-order chi connectivity index (χ1) is 10.2. The zero-order valence-electron chi connectivity index (χ0n) is 11.7. The fourth-order valence-corrected chi connectivity index (χ4v) is 1.79. The lowest BCUT2D eigenvalue weighted by Crippen LogP contribution is -2.12. The third-order valence-electron chi connectivity index (χ3n) is 2.82. The molecule has 0 aliphatic rings. The molecule has 0 fully saturated rings. The highest BCUT2D eigenvalue weighted by Crippen LogP contribution is 2.25. The Labute approximate surface area is 123 Å². The molecule has 0 radical (unpaired) electrons. The maximum absolute atomic E-state index is 11.5. The molecule has 2 aromatic carbocycles. The summed E-state index contributed by atoms with van der Waals surface area (Å²) in [4.78, 5) is 11.5. The number of benzene rings is 2. The fourth-order valence-electron chi connectivity index (χ4n) is 1.79. The van der Waals surface area contributed by atoms with E-state index < -0.39 is 5.97 Å². The van der Waals surface area contributed by atoms with Crippen LogP contribution in [-0.4, -0.2) is 26.3 Å². The van der Waals surface area contributed by atoms with Crippen LogP contribution in [0.2, 0.25) is 0 Å². The molecule has 0 heterocycles. The number of anilines is 1. The van der Waals surface area contributed by atoms with Gasteiger partial charge in [0.25, 0.3) is 0 Å². The normalized spacial score (nSPS) is 9.95. The molecule has 0 unspecified atom stereocenters. The quantitative estimate of drug-likeness (QED) is 0.502. The van der Waals surface area contributed by atoms with Gasteiger partial charge in [0.05, 0.1) is 18.4 Å². The van der Waals surface area contributed by atoms with Gasteiger partial charge in [0, 0.05) is 0 Å². The van der Waals surface area contributed by atoms with Crippen molar-refractivity contribution in [3.05, 3.63) is 54.1 Å². The molecule has 0 aliphatic heterocycles. The van der Waals surface area contributed by atoms with Gasteiger partial charge in [0.1, 0.15) is 24.7 Å². The van der Waals surface area contributed by atoms with Crippen LogP contribution in [0.25, 0.3) is 0 Å². The molecule has 0 bridgehead atoms. The zero-order valence-corrected chi connectivity index (χ0v) is 11.7. The van der Waals surface area contributed by atoms with Crippen molar-refractivity contribution in [2.24, 2.45) is 0 Å². The topological polar surface area (TPSA) is 70.8 Å². The zero-order chi connectivity index (χ0) is 15.1. The Hall–Kier alpha value is -2.69. The van der Waals surface area contributed by atoms with E-state index in [2.05, 4.69) is 4.74 Å². The molecular formula is C16H17NO4. The number of nitrogen functional groups attached to an aromatic ring is 1. The second-order valence-electron chi connectivity index (χ2n) is 4.22. The predicted octanol–water partition coefficient (Wildman–Crippen LogP) is 2.51. The van der Waals surface area contributed by atoms with Gasteiger partial charge >= 0.3 is 5.97 Å². The first-order valence-electron chi connectivity index (χ1n) is 6.50. The summed E-state index contributed by atoms with van der Waals surface area (Å²) in [5.74, 6) is 0.727. The highest BCUT2D eigenvalue weighted by molar-refractivity contribution is 5.96. The van der Waals surface area contributed by atoms with E-state index in [1.54, 1.807) is 18.2 Å². The summed E-state index contributed by atoms with van der Waals surface area (Å²) >= 11 is 0. The molecule has 0 aliphatic carbocycles. The standard InChI is InChI=1S/C16H17NO4/c1-19-16(18)13-8-5-9-14(15(13)17)21-11-10-20-12-6-3-2-4-7-12/h2-9H,10-11,17H2,1H3. The number of methoxy groups -OCH3 is 1. The summed E-state index contributed by atoms with van der Waals surface area (Å²) in [5.41, 5.74) is 6.44. The third-order valence-corrected chi connectivity index (χ3v) is 2.82. The van der Waals surface area contributed by atoms with Crippen LogP contribution >= 0.6 is 0 Å². The Morgan fingerprint density at radius 1 is 1.00 bits per heavy atom. The number of ether oxygens (including phenoxy) is 3. The van der Waals surface area contributed by atoms with Crippen molar-refractivity contribution in [3.8, 4) is 11.5 Å². The average Bonchev–Trinajstić information content (AvgIpc) is 2.53. The van der Waals surface area contributed by atoms with Gasteiger partial charge in [-0.3, -0.25) is 0 Å². The first-order valence-corrected chi connectivity index (χ1v) is 6.50. The maximum atomic E-state index is 11.5. The number of para-hydroxylation sites is 2. The monoisotopic (exact) mass is 287 g/mol. The second kappa shape index (κ2) is 7.19. The molecule has 5 nitrogen and oxygen atoms in total. The van der Waals surface area contributed by atoms with Crippen molar-refractivity contribution in [1.82, 2.24) is 0 Å². The van der Waals surface area contributed by atoms with E-state index in [0.29, 0.717) is 24.5 Å². The largest absolute Gasteiger partial charge is 0.490 e. The van der Waals surface area contributed by atoms with Crippen LogP contribution in [0.5, 0.6) is 11.5 Å².